The lowest BCUT2D eigenvalue weighted by molar-refractivity contribution is 0.580. The average molecular weight is 349 g/mol. The highest BCUT2D eigenvalue weighted by atomic mass is 32.2. The smallest absolute Gasteiger partial charge is 0.240 e. The molecule has 8 heteroatoms. The van der Waals surface area contributed by atoms with E-state index in [9.17, 15) is 8.42 Å². The Bertz CT molecular complexity index is 1230. The molecular formula is C17H11N5O2S. The van der Waals surface area contributed by atoms with E-state index in [-0.39, 0.29) is 10.5 Å². The second kappa shape index (κ2) is 5.58. The predicted octanol–water partition coefficient (Wildman–Crippen LogP) is 2.31. The Labute approximate surface area is 143 Å². The van der Waals surface area contributed by atoms with Gasteiger partial charge in [0, 0.05) is 18.0 Å². The molecular weight excluding hydrogens is 338 g/mol. The number of nitriles is 1. The molecule has 7 nitrogen and oxygen atoms in total. The summed E-state index contributed by atoms with van der Waals surface area (Å²) in [6.45, 7) is 0. The molecule has 1 aromatic carbocycles. The molecule has 0 fully saturated rings. The van der Waals surface area contributed by atoms with Gasteiger partial charge in [-0.2, -0.15) is 28.0 Å². The van der Waals surface area contributed by atoms with E-state index in [0.29, 0.717) is 5.69 Å². The van der Waals surface area contributed by atoms with Gasteiger partial charge in [0.1, 0.15) is 0 Å². The molecule has 0 N–H and O–H groups in total. The number of pyridine rings is 1. The zero-order valence-corrected chi connectivity index (χ0v) is 13.6. The standard InChI is InChI=1S/C17H11N5O2S/c18-11-13-4-3-5-14(10-13)25(23,24)22-9-7-16(20-22)15-12-19-21-8-2-1-6-17(15)21/h1-10,12H. The summed E-state index contributed by atoms with van der Waals surface area (Å²) >= 11 is 0. The Kier molecular flexibility index (Phi) is 3.37. The molecule has 4 rings (SSSR count). The largest absolute Gasteiger partial charge is 0.283 e. The monoisotopic (exact) mass is 349 g/mol. The molecule has 0 radical (unpaired) electrons. The van der Waals surface area contributed by atoms with Gasteiger partial charge >= 0.3 is 0 Å². The van der Waals surface area contributed by atoms with E-state index in [1.54, 1.807) is 29.0 Å². The maximum atomic E-state index is 12.7. The van der Waals surface area contributed by atoms with Gasteiger partial charge in [0.25, 0.3) is 10.0 Å². The van der Waals surface area contributed by atoms with Crippen LogP contribution in [0.2, 0.25) is 0 Å². The van der Waals surface area contributed by atoms with Crippen LogP contribution < -0.4 is 0 Å². The Morgan fingerprint density at radius 1 is 1.04 bits per heavy atom. The van der Waals surface area contributed by atoms with E-state index in [1.165, 1.54) is 24.4 Å². The Hall–Kier alpha value is -3.44. The molecule has 0 unspecified atom stereocenters. The third-order valence-corrected chi connectivity index (χ3v) is 5.32. The van der Waals surface area contributed by atoms with Crippen LogP contribution in [0.15, 0.2) is 72.0 Å². The number of aromatic nitrogens is 4. The lowest BCUT2D eigenvalue weighted by Gasteiger charge is -2.04. The summed E-state index contributed by atoms with van der Waals surface area (Å²) in [4.78, 5) is 0.0149. The summed E-state index contributed by atoms with van der Waals surface area (Å²) in [5.74, 6) is 0. The Morgan fingerprint density at radius 2 is 1.92 bits per heavy atom. The molecule has 0 aliphatic rings. The van der Waals surface area contributed by atoms with Crippen molar-refractivity contribution < 1.29 is 8.42 Å². The van der Waals surface area contributed by atoms with E-state index in [4.69, 9.17) is 5.26 Å². The minimum atomic E-state index is -3.87. The Morgan fingerprint density at radius 3 is 2.76 bits per heavy atom. The fourth-order valence-corrected chi connectivity index (χ4v) is 3.71. The zero-order chi connectivity index (χ0) is 17.4. The van der Waals surface area contributed by atoms with E-state index in [1.807, 2.05) is 24.3 Å². The fourth-order valence-electron chi connectivity index (χ4n) is 2.55. The molecule has 0 aliphatic heterocycles. The van der Waals surface area contributed by atoms with E-state index in [2.05, 4.69) is 10.2 Å². The predicted molar refractivity (Wildman–Crippen MR) is 90.2 cm³/mol. The summed E-state index contributed by atoms with van der Waals surface area (Å²) in [6.07, 6.45) is 4.83. The van der Waals surface area contributed by atoms with Crippen LogP contribution in [0.4, 0.5) is 0 Å². The first kappa shape index (κ1) is 15.1. The molecule has 0 atom stereocenters. The molecule has 3 aromatic heterocycles. The highest BCUT2D eigenvalue weighted by molar-refractivity contribution is 7.89. The Balaban J connectivity index is 1.79. The van der Waals surface area contributed by atoms with Crippen LogP contribution in [-0.4, -0.2) is 27.2 Å². The topological polar surface area (TPSA) is 93.0 Å². The number of hydrogen-bond acceptors (Lipinski definition) is 5. The molecule has 0 aliphatic carbocycles. The van der Waals surface area contributed by atoms with Crippen molar-refractivity contribution in [3.05, 3.63) is 72.7 Å². The zero-order valence-electron chi connectivity index (χ0n) is 12.8. The lowest BCUT2D eigenvalue weighted by atomic mass is 10.2. The van der Waals surface area contributed by atoms with Crippen molar-refractivity contribution in [3.8, 4) is 17.3 Å². The first-order valence-electron chi connectivity index (χ1n) is 7.34. The molecule has 0 amide bonds. The van der Waals surface area contributed by atoms with Crippen molar-refractivity contribution in [3.63, 3.8) is 0 Å². The van der Waals surface area contributed by atoms with Crippen molar-refractivity contribution in [1.82, 2.24) is 18.8 Å². The number of rotatable bonds is 3. The van der Waals surface area contributed by atoms with Gasteiger partial charge < -0.3 is 0 Å². The van der Waals surface area contributed by atoms with Gasteiger partial charge in [0.2, 0.25) is 0 Å². The van der Waals surface area contributed by atoms with Crippen LogP contribution in [0.5, 0.6) is 0 Å². The third-order valence-electron chi connectivity index (χ3n) is 3.78. The maximum Gasteiger partial charge on any atom is 0.283 e. The van der Waals surface area contributed by atoms with Gasteiger partial charge in [-0.3, -0.25) is 0 Å². The van der Waals surface area contributed by atoms with E-state index < -0.39 is 10.0 Å². The summed E-state index contributed by atoms with van der Waals surface area (Å²) in [6, 6.07) is 15.0. The normalized spacial score (nSPS) is 11.5. The van der Waals surface area contributed by atoms with Crippen molar-refractivity contribution in [1.29, 1.82) is 5.26 Å². The first-order chi connectivity index (χ1) is 12.1. The number of fused-ring (bicyclic) bond motifs is 1. The van der Waals surface area contributed by atoms with Crippen LogP contribution in [-0.2, 0) is 10.0 Å². The van der Waals surface area contributed by atoms with Gasteiger partial charge in [-0.25, -0.2) is 4.52 Å². The quantitative estimate of drug-likeness (QED) is 0.566. The summed E-state index contributed by atoms with van der Waals surface area (Å²) in [5.41, 5.74) is 2.34. The fraction of sp³-hybridized carbons (Fsp3) is 0. The molecule has 0 spiro atoms. The summed E-state index contributed by atoms with van der Waals surface area (Å²) in [5, 5.41) is 17.4. The number of hydrogen-bond donors (Lipinski definition) is 0. The SMILES string of the molecule is N#Cc1cccc(S(=O)(=O)n2ccc(-c3cnn4ccccc34)n2)c1. The van der Waals surface area contributed by atoms with E-state index in [0.717, 1.165) is 15.2 Å². The third kappa shape index (κ3) is 2.47. The van der Waals surface area contributed by atoms with Gasteiger partial charge in [-0.15, -0.1) is 0 Å². The van der Waals surface area contributed by atoms with Gasteiger partial charge in [0.15, 0.2) is 0 Å². The minimum Gasteiger partial charge on any atom is -0.240 e. The second-order valence-corrected chi connectivity index (χ2v) is 7.10. The van der Waals surface area contributed by atoms with E-state index >= 15 is 0 Å². The van der Waals surface area contributed by atoms with Crippen LogP contribution in [0.1, 0.15) is 5.56 Å². The molecule has 4 aromatic rings. The maximum absolute atomic E-state index is 12.7. The lowest BCUT2D eigenvalue weighted by Crippen LogP contribution is -2.13. The van der Waals surface area contributed by atoms with Crippen molar-refractivity contribution in [2.45, 2.75) is 4.90 Å². The number of nitrogens with zero attached hydrogens (tertiary/aromatic N) is 5. The molecule has 25 heavy (non-hydrogen) atoms. The molecule has 0 saturated carbocycles. The van der Waals surface area contributed by atoms with Crippen molar-refractivity contribution in [2.75, 3.05) is 0 Å². The van der Waals surface area contributed by atoms with Crippen LogP contribution in [0.25, 0.3) is 16.8 Å². The summed E-state index contributed by atoms with van der Waals surface area (Å²) < 4.78 is 28.0. The first-order valence-corrected chi connectivity index (χ1v) is 8.78. The summed E-state index contributed by atoms with van der Waals surface area (Å²) in [7, 11) is -3.87. The van der Waals surface area contributed by atoms with Gasteiger partial charge in [-0.05, 0) is 36.4 Å². The van der Waals surface area contributed by atoms with Crippen LogP contribution in [0, 0.1) is 11.3 Å². The average Bonchev–Trinajstić information content (AvgIpc) is 3.28. The van der Waals surface area contributed by atoms with Gasteiger partial charge in [-0.1, -0.05) is 12.1 Å². The highest BCUT2D eigenvalue weighted by Crippen LogP contribution is 2.24. The molecule has 3 heterocycles. The van der Waals surface area contributed by atoms with Crippen LogP contribution in [0.3, 0.4) is 0 Å². The van der Waals surface area contributed by atoms with Crippen molar-refractivity contribution in [2.24, 2.45) is 0 Å². The highest BCUT2D eigenvalue weighted by Gasteiger charge is 2.20. The van der Waals surface area contributed by atoms with Crippen molar-refractivity contribution >= 4 is 15.5 Å². The number of benzene rings is 1. The van der Waals surface area contributed by atoms with Crippen LogP contribution >= 0.6 is 0 Å². The molecule has 0 bridgehead atoms. The van der Waals surface area contributed by atoms with Gasteiger partial charge in [0.05, 0.1) is 33.9 Å². The second-order valence-electron chi connectivity index (χ2n) is 5.31. The molecule has 0 saturated heterocycles. The molecule has 122 valence electrons. The minimum absolute atomic E-state index is 0.0149.